The van der Waals surface area contributed by atoms with Gasteiger partial charge in [0.05, 0.1) is 19.6 Å². The van der Waals surface area contributed by atoms with Crippen molar-refractivity contribution >= 4 is 34.2 Å². The molecule has 1 aromatic heterocycles. The Morgan fingerprint density at radius 3 is 2.37 bits per heavy atom. The lowest BCUT2D eigenvalue weighted by Gasteiger charge is -2.14. The molecule has 0 saturated heterocycles. The fourth-order valence-electron chi connectivity index (χ4n) is 3.80. The number of rotatable bonds is 7. The van der Waals surface area contributed by atoms with Gasteiger partial charge in [-0.25, -0.2) is 0 Å². The Kier molecular flexibility index (Phi) is 6.98. The van der Waals surface area contributed by atoms with Gasteiger partial charge < -0.3 is 23.9 Å². The Hall–Kier alpha value is -3.97. The number of fused-ring (bicyclic) bond motifs is 1. The molecule has 0 saturated carbocycles. The highest BCUT2D eigenvalue weighted by atomic mass is 35.5. The lowest BCUT2D eigenvalue weighted by Crippen LogP contribution is -2.22. The minimum absolute atomic E-state index is 0.0685. The highest BCUT2D eigenvalue weighted by Crippen LogP contribution is 2.37. The zero-order chi connectivity index (χ0) is 25.1. The number of anilines is 1. The molecule has 0 unspecified atom stereocenters. The smallest absolute Gasteiger partial charge is 0.262 e. The summed E-state index contributed by atoms with van der Waals surface area (Å²) in [5, 5.41) is 3.64. The van der Waals surface area contributed by atoms with Gasteiger partial charge >= 0.3 is 0 Å². The fourth-order valence-corrected chi connectivity index (χ4v) is 3.92. The number of aryl methyl sites for hydroxylation is 2. The van der Waals surface area contributed by atoms with Crippen LogP contribution in [0.1, 0.15) is 11.1 Å². The van der Waals surface area contributed by atoms with Crippen LogP contribution in [0.3, 0.4) is 0 Å². The van der Waals surface area contributed by atoms with Gasteiger partial charge in [-0.3, -0.25) is 9.59 Å². The Balaban J connectivity index is 1.77. The van der Waals surface area contributed by atoms with E-state index >= 15 is 0 Å². The van der Waals surface area contributed by atoms with Gasteiger partial charge in [0.15, 0.2) is 23.9 Å². The fraction of sp³-hybridized carbons (Fsp3) is 0.185. The second-order valence-electron chi connectivity index (χ2n) is 7.96. The van der Waals surface area contributed by atoms with Crippen LogP contribution in [0, 0.1) is 13.8 Å². The number of benzene rings is 3. The van der Waals surface area contributed by atoms with Crippen LogP contribution in [0.4, 0.5) is 5.69 Å². The Labute approximate surface area is 207 Å². The molecule has 0 aliphatic rings. The first-order chi connectivity index (χ1) is 16.8. The number of methoxy groups -OCH3 is 2. The van der Waals surface area contributed by atoms with Gasteiger partial charge in [-0.1, -0.05) is 17.7 Å². The number of hydrogen-bond acceptors (Lipinski definition) is 6. The Bertz CT molecular complexity index is 1460. The highest BCUT2D eigenvalue weighted by Gasteiger charge is 2.21. The highest BCUT2D eigenvalue weighted by molar-refractivity contribution is 6.30. The summed E-state index contributed by atoms with van der Waals surface area (Å²) in [7, 11) is 3.05. The van der Waals surface area contributed by atoms with Crippen molar-refractivity contribution in [2.75, 3.05) is 26.1 Å². The number of carbonyl (C=O) groups is 1. The van der Waals surface area contributed by atoms with Gasteiger partial charge in [0.2, 0.25) is 11.2 Å². The van der Waals surface area contributed by atoms with Crippen LogP contribution in [-0.2, 0) is 4.79 Å². The molecule has 4 aromatic rings. The number of hydrogen-bond donors (Lipinski definition) is 1. The Morgan fingerprint density at radius 1 is 0.971 bits per heavy atom. The van der Waals surface area contributed by atoms with E-state index in [-0.39, 0.29) is 16.9 Å². The molecule has 0 fully saturated rings. The molecule has 0 aliphatic heterocycles. The molecule has 1 amide bonds. The van der Waals surface area contributed by atoms with Gasteiger partial charge in [0, 0.05) is 16.3 Å². The normalized spacial score (nSPS) is 10.8. The van der Waals surface area contributed by atoms with Crippen molar-refractivity contribution in [3.63, 3.8) is 0 Å². The van der Waals surface area contributed by atoms with Crippen LogP contribution in [0.5, 0.6) is 17.2 Å². The van der Waals surface area contributed by atoms with E-state index < -0.39 is 12.5 Å². The summed E-state index contributed by atoms with van der Waals surface area (Å²) in [5.41, 5.74) is 2.89. The molecule has 0 bridgehead atoms. The van der Waals surface area contributed by atoms with Crippen molar-refractivity contribution in [3.8, 4) is 28.6 Å². The lowest BCUT2D eigenvalue weighted by molar-refractivity contribution is -0.118. The average molecular weight is 494 g/mol. The zero-order valence-electron chi connectivity index (χ0n) is 19.7. The molecule has 1 heterocycles. The van der Waals surface area contributed by atoms with Gasteiger partial charge in [0.25, 0.3) is 5.91 Å². The quantitative estimate of drug-likeness (QED) is 0.352. The van der Waals surface area contributed by atoms with E-state index in [1.807, 2.05) is 19.9 Å². The summed E-state index contributed by atoms with van der Waals surface area (Å²) >= 11 is 5.89. The molecule has 0 spiro atoms. The molecule has 3 aromatic carbocycles. The molecule has 0 radical (unpaired) electrons. The molecule has 0 aliphatic carbocycles. The maximum absolute atomic E-state index is 13.5. The Morgan fingerprint density at radius 2 is 1.69 bits per heavy atom. The van der Waals surface area contributed by atoms with Crippen molar-refractivity contribution < 1.29 is 23.4 Å². The second-order valence-corrected chi connectivity index (χ2v) is 8.40. The van der Waals surface area contributed by atoms with Gasteiger partial charge in [-0.05, 0) is 73.5 Å². The molecule has 7 nitrogen and oxygen atoms in total. The first kappa shape index (κ1) is 24.2. The summed E-state index contributed by atoms with van der Waals surface area (Å²) < 4.78 is 22.7. The second kappa shape index (κ2) is 10.1. The zero-order valence-corrected chi connectivity index (χ0v) is 20.5. The summed E-state index contributed by atoms with van der Waals surface area (Å²) in [4.78, 5) is 26.1. The van der Waals surface area contributed by atoms with E-state index in [1.165, 1.54) is 14.2 Å². The molecule has 4 rings (SSSR count). The van der Waals surface area contributed by atoms with Crippen LogP contribution >= 0.6 is 11.6 Å². The van der Waals surface area contributed by atoms with Crippen LogP contribution < -0.4 is 25.0 Å². The summed E-state index contributed by atoms with van der Waals surface area (Å²) in [6.07, 6.45) is 0. The maximum atomic E-state index is 13.5. The number of amides is 1. The van der Waals surface area contributed by atoms with Crippen molar-refractivity contribution in [3.05, 3.63) is 81.0 Å². The van der Waals surface area contributed by atoms with Gasteiger partial charge in [-0.15, -0.1) is 0 Å². The molecule has 8 heteroatoms. The minimum Gasteiger partial charge on any atom is -0.493 e. The van der Waals surface area contributed by atoms with Crippen LogP contribution in [-0.4, -0.2) is 26.7 Å². The lowest BCUT2D eigenvalue weighted by atomic mass is 10.0. The minimum atomic E-state index is -0.439. The van der Waals surface area contributed by atoms with Gasteiger partial charge in [-0.2, -0.15) is 0 Å². The number of nitrogens with one attached hydrogen (secondary N) is 1. The molecule has 180 valence electrons. The SMILES string of the molecule is COc1ccc(-c2oc3c(C)cc(C)cc3c(=O)c2OCC(=O)Nc2ccc(Cl)cc2)cc1OC. The maximum Gasteiger partial charge on any atom is 0.262 e. The largest absolute Gasteiger partial charge is 0.493 e. The number of carbonyl (C=O) groups excluding carboxylic acids is 1. The van der Waals surface area contributed by atoms with Crippen molar-refractivity contribution in [2.45, 2.75) is 13.8 Å². The van der Waals surface area contributed by atoms with Crippen molar-refractivity contribution in [2.24, 2.45) is 0 Å². The van der Waals surface area contributed by atoms with E-state index in [4.69, 9.17) is 30.2 Å². The molecule has 0 atom stereocenters. The van der Waals surface area contributed by atoms with Crippen LogP contribution in [0.25, 0.3) is 22.3 Å². The summed E-state index contributed by atoms with van der Waals surface area (Å²) in [6, 6.07) is 15.5. The van der Waals surface area contributed by atoms with Crippen LogP contribution in [0.2, 0.25) is 5.02 Å². The predicted molar refractivity (Wildman–Crippen MR) is 136 cm³/mol. The van der Waals surface area contributed by atoms with E-state index in [0.29, 0.717) is 38.7 Å². The van der Waals surface area contributed by atoms with Crippen molar-refractivity contribution in [1.29, 1.82) is 0 Å². The third kappa shape index (κ3) is 5.10. The topological polar surface area (TPSA) is 87.0 Å². The third-order valence-electron chi connectivity index (χ3n) is 5.40. The van der Waals surface area contributed by atoms with E-state index in [2.05, 4.69) is 5.32 Å². The molecular weight excluding hydrogens is 470 g/mol. The van der Waals surface area contributed by atoms with E-state index in [0.717, 1.165) is 11.1 Å². The standard InChI is InChI=1S/C27H24ClNO6/c1-15-11-16(2)25-20(12-15)24(31)27(34-14-23(30)29-19-8-6-18(28)7-9-19)26(35-25)17-5-10-21(32-3)22(13-17)33-4/h5-13H,14H2,1-4H3,(H,29,30). The first-order valence-corrected chi connectivity index (χ1v) is 11.2. The van der Waals surface area contributed by atoms with E-state index in [9.17, 15) is 9.59 Å². The predicted octanol–water partition coefficient (Wildman–Crippen LogP) is 5.76. The number of ether oxygens (including phenoxy) is 3. The average Bonchev–Trinajstić information content (AvgIpc) is 2.84. The number of halogens is 1. The third-order valence-corrected chi connectivity index (χ3v) is 5.65. The van der Waals surface area contributed by atoms with Gasteiger partial charge in [0.1, 0.15) is 5.58 Å². The molecule has 35 heavy (non-hydrogen) atoms. The first-order valence-electron chi connectivity index (χ1n) is 10.8. The molecule has 1 N–H and O–H groups in total. The molecular formula is C27H24ClNO6. The summed E-state index contributed by atoms with van der Waals surface area (Å²) in [6.45, 7) is 3.37. The van der Waals surface area contributed by atoms with Crippen molar-refractivity contribution in [1.82, 2.24) is 0 Å². The van der Waals surface area contributed by atoms with E-state index in [1.54, 1.807) is 48.5 Å². The van der Waals surface area contributed by atoms with Crippen LogP contribution in [0.15, 0.2) is 63.8 Å². The monoisotopic (exact) mass is 493 g/mol. The summed E-state index contributed by atoms with van der Waals surface area (Å²) in [5.74, 6) is 0.664.